The van der Waals surface area contributed by atoms with Gasteiger partial charge in [-0.2, -0.15) is 0 Å². The molecule has 0 atom stereocenters. The van der Waals surface area contributed by atoms with Crippen LogP contribution in [0.4, 0.5) is 0 Å². The second-order valence-electron chi connectivity index (χ2n) is 5.51. The maximum atomic E-state index is 12.6. The van der Waals surface area contributed by atoms with Crippen molar-refractivity contribution in [2.24, 2.45) is 5.92 Å². The average molecular weight is 318 g/mol. The van der Waals surface area contributed by atoms with Crippen molar-refractivity contribution in [1.82, 2.24) is 9.47 Å². The highest BCUT2D eigenvalue weighted by atomic mass is 32.1. The zero-order valence-electron chi connectivity index (χ0n) is 12.1. The summed E-state index contributed by atoms with van der Waals surface area (Å²) >= 11 is 1.67. The number of hydrogen-bond donors (Lipinski definition) is 1. The van der Waals surface area contributed by atoms with E-state index < -0.39 is 5.97 Å². The quantitative estimate of drug-likeness (QED) is 0.942. The number of rotatable bonds is 4. The Morgan fingerprint density at radius 2 is 2.00 bits per heavy atom. The Hall–Kier alpha value is -2.08. The number of thiophene rings is 1. The molecule has 0 saturated carbocycles. The molecule has 1 aliphatic rings. The highest BCUT2D eigenvalue weighted by Crippen LogP contribution is 2.20. The largest absolute Gasteiger partial charge is 0.481 e. The van der Waals surface area contributed by atoms with Gasteiger partial charge in [-0.3, -0.25) is 9.59 Å². The minimum Gasteiger partial charge on any atom is -0.481 e. The normalized spacial score (nSPS) is 15.9. The van der Waals surface area contributed by atoms with Gasteiger partial charge in [0.15, 0.2) is 0 Å². The molecule has 3 heterocycles. The van der Waals surface area contributed by atoms with Gasteiger partial charge in [0, 0.05) is 24.2 Å². The molecule has 1 aliphatic heterocycles. The zero-order valence-corrected chi connectivity index (χ0v) is 13.0. The number of amides is 1. The van der Waals surface area contributed by atoms with Gasteiger partial charge in [0.25, 0.3) is 5.91 Å². The SMILES string of the molecule is O=C(O)C1CCN(C(=O)c2cccn2Cc2cccs2)CC1. The molecule has 2 aromatic heterocycles. The van der Waals surface area contributed by atoms with Gasteiger partial charge in [-0.1, -0.05) is 6.07 Å². The molecule has 0 bridgehead atoms. The van der Waals surface area contributed by atoms with Gasteiger partial charge >= 0.3 is 5.97 Å². The van der Waals surface area contributed by atoms with Crippen LogP contribution in [0.15, 0.2) is 35.8 Å². The van der Waals surface area contributed by atoms with Crippen LogP contribution in [0.1, 0.15) is 28.2 Å². The monoisotopic (exact) mass is 318 g/mol. The van der Waals surface area contributed by atoms with Crippen LogP contribution in [0.25, 0.3) is 0 Å². The van der Waals surface area contributed by atoms with Crippen LogP contribution in [0.2, 0.25) is 0 Å². The van der Waals surface area contributed by atoms with E-state index in [1.807, 2.05) is 34.3 Å². The minimum absolute atomic E-state index is 0.00889. The highest BCUT2D eigenvalue weighted by molar-refractivity contribution is 7.09. The van der Waals surface area contributed by atoms with E-state index >= 15 is 0 Å². The molecule has 0 aromatic carbocycles. The number of nitrogens with zero attached hydrogens (tertiary/aromatic N) is 2. The minimum atomic E-state index is -0.756. The summed E-state index contributed by atoms with van der Waals surface area (Å²) in [6.45, 7) is 1.72. The van der Waals surface area contributed by atoms with Gasteiger partial charge in [-0.05, 0) is 36.4 Å². The van der Waals surface area contributed by atoms with Crippen LogP contribution in [0, 0.1) is 5.92 Å². The first-order chi connectivity index (χ1) is 10.6. The summed E-state index contributed by atoms with van der Waals surface area (Å²) < 4.78 is 1.96. The molecule has 116 valence electrons. The maximum Gasteiger partial charge on any atom is 0.306 e. The van der Waals surface area contributed by atoms with Crippen LogP contribution in [-0.2, 0) is 11.3 Å². The Kier molecular flexibility index (Phi) is 4.29. The van der Waals surface area contributed by atoms with E-state index in [0.29, 0.717) is 38.2 Å². The molecule has 0 aliphatic carbocycles. The predicted molar refractivity (Wildman–Crippen MR) is 84.1 cm³/mol. The Morgan fingerprint density at radius 1 is 1.23 bits per heavy atom. The van der Waals surface area contributed by atoms with Crippen molar-refractivity contribution in [3.05, 3.63) is 46.4 Å². The third-order valence-corrected chi connectivity index (χ3v) is 4.95. The van der Waals surface area contributed by atoms with Gasteiger partial charge in [0.2, 0.25) is 0 Å². The Morgan fingerprint density at radius 3 is 2.64 bits per heavy atom. The van der Waals surface area contributed by atoms with Crippen LogP contribution in [0.3, 0.4) is 0 Å². The van der Waals surface area contributed by atoms with Gasteiger partial charge in [-0.25, -0.2) is 0 Å². The average Bonchev–Trinajstić information content (AvgIpc) is 3.19. The predicted octanol–water partition coefficient (Wildman–Crippen LogP) is 2.53. The van der Waals surface area contributed by atoms with E-state index in [4.69, 9.17) is 5.11 Å². The van der Waals surface area contributed by atoms with Crippen LogP contribution >= 0.6 is 11.3 Å². The number of carbonyl (C=O) groups excluding carboxylic acids is 1. The molecule has 0 spiro atoms. The molecular formula is C16H18N2O3S. The molecule has 3 rings (SSSR count). The van der Waals surface area contributed by atoms with Crippen LogP contribution in [0.5, 0.6) is 0 Å². The number of hydrogen-bond acceptors (Lipinski definition) is 3. The van der Waals surface area contributed by atoms with E-state index in [0.717, 1.165) is 0 Å². The maximum absolute atomic E-state index is 12.6. The standard InChI is InChI=1S/C16H18N2O3S/c19-15(17-8-5-12(6-9-17)16(20)21)14-4-1-7-18(14)11-13-3-2-10-22-13/h1-4,7,10,12H,5-6,8-9,11H2,(H,20,21). The molecule has 1 amide bonds. The first kappa shape index (κ1) is 14.8. The van der Waals surface area contributed by atoms with Crippen molar-refractivity contribution in [3.63, 3.8) is 0 Å². The molecule has 0 unspecified atom stereocenters. The number of piperidine rings is 1. The van der Waals surface area contributed by atoms with E-state index in [9.17, 15) is 9.59 Å². The fraction of sp³-hybridized carbons (Fsp3) is 0.375. The summed E-state index contributed by atoms with van der Waals surface area (Å²) in [7, 11) is 0. The molecule has 1 N–H and O–H groups in total. The third-order valence-electron chi connectivity index (χ3n) is 4.09. The lowest BCUT2D eigenvalue weighted by molar-refractivity contribution is -0.143. The lowest BCUT2D eigenvalue weighted by atomic mass is 9.97. The van der Waals surface area contributed by atoms with E-state index in [1.165, 1.54) is 4.88 Å². The molecular weight excluding hydrogens is 300 g/mol. The molecule has 5 nitrogen and oxygen atoms in total. The van der Waals surface area contributed by atoms with Crippen molar-refractivity contribution >= 4 is 23.2 Å². The first-order valence-electron chi connectivity index (χ1n) is 7.35. The van der Waals surface area contributed by atoms with E-state index in [-0.39, 0.29) is 11.8 Å². The second-order valence-corrected chi connectivity index (χ2v) is 6.54. The van der Waals surface area contributed by atoms with Crippen LogP contribution < -0.4 is 0 Å². The number of carboxylic acids is 1. The van der Waals surface area contributed by atoms with E-state index in [2.05, 4.69) is 6.07 Å². The molecule has 6 heteroatoms. The van der Waals surface area contributed by atoms with Crippen molar-refractivity contribution in [3.8, 4) is 0 Å². The Balaban J connectivity index is 1.68. The topological polar surface area (TPSA) is 62.5 Å². The van der Waals surface area contributed by atoms with Crippen LogP contribution in [-0.4, -0.2) is 39.5 Å². The Bertz CT molecular complexity index is 655. The summed E-state index contributed by atoms with van der Waals surface area (Å²) in [5, 5.41) is 11.1. The fourth-order valence-corrected chi connectivity index (χ4v) is 3.51. The van der Waals surface area contributed by atoms with Crippen molar-refractivity contribution in [1.29, 1.82) is 0 Å². The van der Waals surface area contributed by atoms with Crippen molar-refractivity contribution in [2.75, 3.05) is 13.1 Å². The second kappa shape index (κ2) is 6.36. The number of aliphatic carboxylic acids is 1. The van der Waals surface area contributed by atoms with Crippen molar-refractivity contribution in [2.45, 2.75) is 19.4 Å². The Labute approximate surface area is 132 Å². The van der Waals surface area contributed by atoms with E-state index in [1.54, 1.807) is 16.2 Å². The number of likely N-dealkylation sites (tertiary alicyclic amines) is 1. The van der Waals surface area contributed by atoms with Gasteiger partial charge in [0.05, 0.1) is 12.5 Å². The fourth-order valence-electron chi connectivity index (χ4n) is 2.81. The lowest BCUT2D eigenvalue weighted by Gasteiger charge is -2.30. The summed E-state index contributed by atoms with van der Waals surface area (Å²) in [5.41, 5.74) is 0.669. The van der Waals surface area contributed by atoms with Gasteiger partial charge in [0.1, 0.15) is 5.69 Å². The summed E-state index contributed by atoms with van der Waals surface area (Å²) in [5.74, 6) is -1.08. The number of aromatic nitrogens is 1. The third kappa shape index (κ3) is 3.06. The molecule has 22 heavy (non-hydrogen) atoms. The summed E-state index contributed by atoms with van der Waals surface area (Å²) in [6, 6.07) is 7.77. The van der Waals surface area contributed by atoms with Gasteiger partial charge < -0.3 is 14.6 Å². The first-order valence-corrected chi connectivity index (χ1v) is 8.22. The number of carboxylic acid groups (broad SMARTS) is 1. The molecule has 0 radical (unpaired) electrons. The van der Waals surface area contributed by atoms with Crippen molar-refractivity contribution < 1.29 is 14.7 Å². The number of carbonyl (C=O) groups is 2. The lowest BCUT2D eigenvalue weighted by Crippen LogP contribution is -2.41. The smallest absolute Gasteiger partial charge is 0.306 e. The van der Waals surface area contributed by atoms with Gasteiger partial charge in [-0.15, -0.1) is 11.3 Å². The summed E-state index contributed by atoms with van der Waals surface area (Å²) in [6.07, 6.45) is 2.98. The molecule has 1 fully saturated rings. The summed E-state index contributed by atoms with van der Waals surface area (Å²) in [4.78, 5) is 26.6. The molecule has 1 saturated heterocycles. The molecule has 2 aromatic rings. The zero-order chi connectivity index (χ0) is 15.5. The highest BCUT2D eigenvalue weighted by Gasteiger charge is 2.28.